The van der Waals surface area contributed by atoms with Crippen molar-refractivity contribution in [2.45, 2.75) is 31.3 Å². The number of hydrogen-bond acceptors (Lipinski definition) is 5. The summed E-state index contributed by atoms with van der Waals surface area (Å²) in [6.07, 6.45) is 1.79. The number of thioether (sulfide) groups is 1. The molecule has 2 aliphatic heterocycles. The van der Waals surface area contributed by atoms with Crippen LogP contribution in [0.4, 0.5) is 0 Å². The van der Waals surface area contributed by atoms with E-state index in [2.05, 4.69) is 31.2 Å². The van der Waals surface area contributed by atoms with Crippen LogP contribution in [0.15, 0.2) is 47.5 Å². The van der Waals surface area contributed by atoms with Crippen LogP contribution in [0.1, 0.15) is 23.6 Å². The zero-order valence-corrected chi connectivity index (χ0v) is 17.1. The number of rotatable bonds is 4. The van der Waals surface area contributed by atoms with Gasteiger partial charge in [0.2, 0.25) is 12.7 Å². The van der Waals surface area contributed by atoms with E-state index < -0.39 is 0 Å². The second kappa shape index (κ2) is 7.59. The van der Waals surface area contributed by atoms with Crippen molar-refractivity contribution >= 4 is 28.6 Å². The fourth-order valence-electron chi connectivity index (χ4n) is 3.90. The molecular weight excluding hydrogens is 384 g/mol. The quantitative estimate of drug-likeness (QED) is 0.608. The molecule has 0 saturated carbocycles. The Labute approximate surface area is 174 Å². The number of benzene rings is 2. The highest BCUT2D eigenvalue weighted by molar-refractivity contribution is 7.99. The number of amides is 1. The van der Waals surface area contributed by atoms with Crippen molar-refractivity contribution < 1.29 is 14.3 Å². The molecule has 1 aromatic heterocycles. The lowest BCUT2D eigenvalue weighted by molar-refractivity contribution is -0.129. The summed E-state index contributed by atoms with van der Waals surface area (Å²) >= 11 is 1.53. The van der Waals surface area contributed by atoms with E-state index in [-0.39, 0.29) is 12.7 Å². The molecule has 1 amide bonds. The lowest BCUT2D eigenvalue weighted by Gasteiger charge is -2.28. The molecule has 0 radical (unpaired) electrons. The average Bonchev–Trinajstić information content (AvgIpc) is 3.22. The number of carbonyl (C=O) groups is 1. The molecule has 0 spiro atoms. The molecule has 0 saturated heterocycles. The van der Waals surface area contributed by atoms with Gasteiger partial charge in [-0.05, 0) is 41.7 Å². The summed E-state index contributed by atoms with van der Waals surface area (Å²) in [5.41, 5.74) is 4.63. The fourth-order valence-corrected chi connectivity index (χ4v) is 4.89. The summed E-state index contributed by atoms with van der Waals surface area (Å²) in [5.74, 6) is 2.06. The standard InChI is InChI=1S/C23H22N2O3S/c1-2-15-9-18-10-20-21(28-14-27-20)11-19(18)24-23(15)29-13-22(26)25-8-7-16-5-3-4-6-17(16)12-25/h3-6,9-11H,2,7-8,12-14H2,1H3. The third-order valence-corrected chi connectivity index (χ3v) is 6.56. The second-order valence-corrected chi connectivity index (χ2v) is 8.29. The van der Waals surface area contributed by atoms with Gasteiger partial charge in [-0.3, -0.25) is 4.79 Å². The first-order chi connectivity index (χ1) is 14.2. The molecule has 3 heterocycles. The number of aromatic nitrogens is 1. The van der Waals surface area contributed by atoms with Crippen LogP contribution in [0.5, 0.6) is 11.5 Å². The molecule has 6 heteroatoms. The highest BCUT2D eigenvalue weighted by atomic mass is 32.2. The van der Waals surface area contributed by atoms with Gasteiger partial charge >= 0.3 is 0 Å². The Morgan fingerprint density at radius 2 is 1.93 bits per heavy atom. The monoisotopic (exact) mass is 406 g/mol. The van der Waals surface area contributed by atoms with Crippen LogP contribution < -0.4 is 9.47 Å². The van der Waals surface area contributed by atoms with Gasteiger partial charge < -0.3 is 14.4 Å². The Bertz CT molecular complexity index is 1100. The molecule has 0 aliphatic carbocycles. The van der Waals surface area contributed by atoms with Gasteiger partial charge in [0.1, 0.15) is 5.03 Å². The molecule has 5 nitrogen and oxygen atoms in total. The van der Waals surface area contributed by atoms with E-state index in [4.69, 9.17) is 14.5 Å². The smallest absolute Gasteiger partial charge is 0.233 e. The van der Waals surface area contributed by atoms with Crippen molar-refractivity contribution in [1.82, 2.24) is 9.88 Å². The molecule has 0 unspecified atom stereocenters. The van der Waals surface area contributed by atoms with E-state index in [9.17, 15) is 4.79 Å². The second-order valence-electron chi connectivity index (χ2n) is 7.33. The van der Waals surface area contributed by atoms with Crippen LogP contribution in [0.3, 0.4) is 0 Å². The zero-order chi connectivity index (χ0) is 19.8. The molecule has 3 aromatic rings. The van der Waals surface area contributed by atoms with Crippen molar-refractivity contribution in [3.05, 3.63) is 59.2 Å². The number of carbonyl (C=O) groups excluding carboxylic acids is 1. The number of pyridine rings is 1. The van der Waals surface area contributed by atoms with Gasteiger partial charge in [0.25, 0.3) is 0 Å². The Balaban J connectivity index is 1.33. The summed E-state index contributed by atoms with van der Waals surface area (Å²) in [4.78, 5) is 19.6. The molecule has 29 heavy (non-hydrogen) atoms. The van der Waals surface area contributed by atoms with Crippen LogP contribution in [-0.2, 0) is 24.2 Å². The maximum absolute atomic E-state index is 12.8. The molecule has 2 aromatic carbocycles. The molecule has 0 N–H and O–H groups in total. The number of nitrogens with zero attached hydrogens (tertiary/aromatic N) is 2. The highest BCUT2D eigenvalue weighted by Crippen LogP contribution is 2.37. The van der Waals surface area contributed by atoms with Crippen molar-refractivity contribution in [3.8, 4) is 11.5 Å². The summed E-state index contributed by atoms with van der Waals surface area (Å²) < 4.78 is 11.0. The molecule has 0 atom stereocenters. The minimum atomic E-state index is 0.166. The first kappa shape index (κ1) is 18.3. The van der Waals surface area contributed by atoms with Gasteiger partial charge in [0.05, 0.1) is 11.3 Å². The van der Waals surface area contributed by atoms with E-state index in [1.165, 1.54) is 22.9 Å². The lowest BCUT2D eigenvalue weighted by Crippen LogP contribution is -2.37. The van der Waals surface area contributed by atoms with E-state index in [0.29, 0.717) is 12.3 Å². The average molecular weight is 407 g/mol. The van der Waals surface area contributed by atoms with Gasteiger partial charge in [-0.25, -0.2) is 4.98 Å². The Hall–Kier alpha value is -2.73. The zero-order valence-electron chi connectivity index (χ0n) is 16.3. The summed E-state index contributed by atoms with van der Waals surface area (Å²) in [7, 11) is 0. The number of fused-ring (bicyclic) bond motifs is 3. The maximum Gasteiger partial charge on any atom is 0.233 e. The van der Waals surface area contributed by atoms with Gasteiger partial charge in [-0.1, -0.05) is 43.0 Å². The van der Waals surface area contributed by atoms with E-state index in [1.807, 2.05) is 23.1 Å². The van der Waals surface area contributed by atoms with Gasteiger partial charge in [0, 0.05) is 24.5 Å². The molecule has 2 aliphatic rings. The Morgan fingerprint density at radius 3 is 2.76 bits per heavy atom. The fraction of sp³-hybridized carbons (Fsp3) is 0.304. The van der Waals surface area contributed by atoms with Crippen molar-refractivity contribution in [2.24, 2.45) is 0 Å². The minimum absolute atomic E-state index is 0.166. The topological polar surface area (TPSA) is 51.7 Å². The summed E-state index contributed by atoms with van der Waals surface area (Å²) in [6.45, 7) is 3.85. The Morgan fingerprint density at radius 1 is 1.14 bits per heavy atom. The summed E-state index contributed by atoms with van der Waals surface area (Å²) in [6, 6.07) is 14.4. The Kier molecular flexibility index (Phi) is 4.79. The molecule has 5 rings (SSSR count). The first-order valence-corrected chi connectivity index (χ1v) is 10.9. The largest absolute Gasteiger partial charge is 0.454 e. The highest BCUT2D eigenvalue weighted by Gasteiger charge is 2.21. The summed E-state index contributed by atoms with van der Waals surface area (Å²) in [5, 5.41) is 1.96. The normalized spacial score (nSPS) is 14.9. The van der Waals surface area contributed by atoms with E-state index in [0.717, 1.165) is 52.4 Å². The number of ether oxygens (including phenoxy) is 2. The van der Waals surface area contributed by atoms with Gasteiger partial charge in [-0.15, -0.1) is 0 Å². The van der Waals surface area contributed by atoms with Crippen LogP contribution in [0.2, 0.25) is 0 Å². The minimum Gasteiger partial charge on any atom is -0.454 e. The van der Waals surface area contributed by atoms with Crippen LogP contribution in [0, 0.1) is 0 Å². The molecule has 0 fully saturated rings. The van der Waals surface area contributed by atoms with Crippen LogP contribution in [0.25, 0.3) is 10.9 Å². The first-order valence-electron chi connectivity index (χ1n) is 9.92. The predicted molar refractivity (Wildman–Crippen MR) is 114 cm³/mol. The third-order valence-electron chi connectivity index (χ3n) is 5.54. The third kappa shape index (κ3) is 3.53. The predicted octanol–water partition coefficient (Wildman–Crippen LogP) is 4.20. The van der Waals surface area contributed by atoms with Gasteiger partial charge in [-0.2, -0.15) is 0 Å². The lowest BCUT2D eigenvalue weighted by atomic mass is 10.00. The molecule has 0 bridgehead atoms. The van der Waals surface area contributed by atoms with Crippen molar-refractivity contribution in [3.63, 3.8) is 0 Å². The van der Waals surface area contributed by atoms with Crippen LogP contribution >= 0.6 is 11.8 Å². The van der Waals surface area contributed by atoms with E-state index >= 15 is 0 Å². The molecule has 148 valence electrons. The SMILES string of the molecule is CCc1cc2cc3c(cc2nc1SCC(=O)N1CCc2ccccc2C1)OCO3. The number of aryl methyl sites for hydroxylation is 1. The van der Waals surface area contributed by atoms with E-state index in [1.54, 1.807) is 0 Å². The number of hydrogen-bond donors (Lipinski definition) is 0. The molecular formula is C23H22N2O3S. The van der Waals surface area contributed by atoms with Crippen molar-refractivity contribution in [1.29, 1.82) is 0 Å². The van der Waals surface area contributed by atoms with Crippen molar-refractivity contribution in [2.75, 3.05) is 19.1 Å². The van der Waals surface area contributed by atoms with Gasteiger partial charge in [0.15, 0.2) is 11.5 Å². The van der Waals surface area contributed by atoms with Crippen LogP contribution in [-0.4, -0.2) is 34.9 Å². The maximum atomic E-state index is 12.8.